The second-order valence-electron chi connectivity index (χ2n) is 4.64. The fraction of sp³-hybridized carbons (Fsp3) is 0.188. The Morgan fingerprint density at radius 1 is 1.15 bits per heavy atom. The van der Waals surface area contributed by atoms with Crippen molar-refractivity contribution in [3.8, 4) is 0 Å². The molecule has 2 rings (SSSR count). The number of carbonyl (C=O) groups is 1. The van der Waals surface area contributed by atoms with Crippen molar-refractivity contribution in [3.05, 3.63) is 69.2 Å². The number of nitrogens with one attached hydrogen (secondary N) is 1. The van der Waals surface area contributed by atoms with Gasteiger partial charge in [-0.3, -0.25) is 4.79 Å². The first kappa shape index (κ1) is 15.1. The Morgan fingerprint density at radius 3 is 2.35 bits per heavy atom. The van der Waals surface area contributed by atoms with Crippen molar-refractivity contribution in [2.45, 2.75) is 19.4 Å². The lowest BCUT2D eigenvalue weighted by molar-refractivity contribution is -0.121. The molecule has 2 aromatic rings. The molecule has 0 spiro atoms. The van der Waals surface area contributed by atoms with Gasteiger partial charge >= 0.3 is 0 Å². The van der Waals surface area contributed by atoms with Crippen LogP contribution in [0, 0.1) is 0 Å². The Labute approximate surface area is 132 Å². The predicted octanol–water partition coefficient (Wildman–Crippen LogP) is 4.52. The van der Waals surface area contributed by atoms with Gasteiger partial charge in [-0.05, 0) is 42.3 Å². The molecule has 1 N–H and O–H groups in total. The van der Waals surface area contributed by atoms with Crippen LogP contribution in [0.15, 0.2) is 53.0 Å². The Balaban J connectivity index is 1.93. The van der Waals surface area contributed by atoms with Crippen molar-refractivity contribution in [1.29, 1.82) is 0 Å². The molecule has 2 nitrogen and oxygen atoms in total. The minimum absolute atomic E-state index is 0.00254. The van der Waals surface area contributed by atoms with E-state index in [0.717, 1.165) is 15.6 Å². The second-order valence-corrected chi connectivity index (χ2v) is 6.00. The molecule has 4 heteroatoms. The van der Waals surface area contributed by atoms with E-state index in [1.165, 1.54) is 0 Å². The summed E-state index contributed by atoms with van der Waals surface area (Å²) < 4.78 is 1.03. The summed E-state index contributed by atoms with van der Waals surface area (Å²) in [5.74, 6) is 0.00254. The van der Waals surface area contributed by atoms with E-state index in [0.29, 0.717) is 11.4 Å². The van der Waals surface area contributed by atoms with Crippen LogP contribution in [0.5, 0.6) is 0 Å². The third-order valence-corrected chi connectivity index (χ3v) is 3.81. The first-order chi connectivity index (χ1) is 9.54. The third kappa shape index (κ3) is 4.36. The highest BCUT2D eigenvalue weighted by atomic mass is 79.9. The number of carbonyl (C=O) groups excluding carboxylic acids is 1. The molecule has 2 aromatic carbocycles. The van der Waals surface area contributed by atoms with Crippen molar-refractivity contribution >= 4 is 33.4 Å². The average molecular weight is 353 g/mol. The monoisotopic (exact) mass is 351 g/mol. The number of benzene rings is 2. The van der Waals surface area contributed by atoms with Crippen LogP contribution in [0.2, 0.25) is 5.02 Å². The van der Waals surface area contributed by atoms with Gasteiger partial charge in [0.05, 0.1) is 12.5 Å². The molecular formula is C16H15BrClNO. The number of hydrogen-bond donors (Lipinski definition) is 1. The van der Waals surface area contributed by atoms with Gasteiger partial charge in [0.2, 0.25) is 5.91 Å². The molecule has 0 heterocycles. The Bertz CT molecular complexity index is 580. The average Bonchev–Trinajstić information content (AvgIpc) is 2.42. The van der Waals surface area contributed by atoms with Crippen LogP contribution >= 0.6 is 27.5 Å². The molecule has 0 fully saturated rings. The molecule has 0 saturated heterocycles. The molecule has 1 atom stereocenters. The number of hydrogen-bond acceptors (Lipinski definition) is 1. The van der Waals surface area contributed by atoms with Crippen molar-refractivity contribution < 1.29 is 4.79 Å². The Hall–Kier alpha value is -1.32. The first-order valence-corrected chi connectivity index (χ1v) is 7.51. The molecule has 0 bridgehead atoms. The zero-order valence-corrected chi connectivity index (χ0v) is 13.4. The van der Waals surface area contributed by atoms with Gasteiger partial charge in [0.1, 0.15) is 0 Å². The van der Waals surface area contributed by atoms with E-state index >= 15 is 0 Å². The number of amides is 1. The molecule has 104 valence electrons. The van der Waals surface area contributed by atoms with Crippen LogP contribution < -0.4 is 5.32 Å². The maximum absolute atomic E-state index is 12.0. The minimum Gasteiger partial charge on any atom is -0.349 e. The molecule has 0 radical (unpaired) electrons. The minimum atomic E-state index is -0.0112. The predicted molar refractivity (Wildman–Crippen MR) is 85.9 cm³/mol. The van der Waals surface area contributed by atoms with Gasteiger partial charge in [0.25, 0.3) is 0 Å². The Morgan fingerprint density at radius 2 is 1.75 bits per heavy atom. The molecule has 1 amide bonds. The normalized spacial score (nSPS) is 11.9. The summed E-state index contributed by atoms with van der Waals surface area (Å²) in [7, 11) is 0. The van der Waals surface area contributed by atoms with Gasteiger partial charge < -0.3 is 5.32 Å². The highest BCUT2D eigenvalue weighted by Crippen LogP contribution is 2.17. The highest BCUT2D eigenvalue weighted by Gasteiger charge is 2.10. The maximum atomic E-state index is 12.0. The van der Waals surface area contributed by atoms with Crippen molar-refractivity contribution in [1.82, 2.24) is 5.32 Å². The van der Waals surface area contributed by atoms with E-state index in [4.69, 9.17) is 11.6 Å². The van der Waals surface area contributed by atoms with Gasteiger partial charge in [-0.25, -0.2) is 0 Å². The summed E-state index contributed by atoms with van der Waals surface area (Å²) in [6, 6.07) is 15.2. The van der Waals surface area contributed by atoms with Crippen LogP contribution in [0.25, 0.3) is 0 Å². The fourth-order valence-electron chi connectivity index (χ4n) is 1.91. The molecule has 0 unspecified atom stereocenters. The van der Waals surface area contributed by atoms with Crippen LogP contribution in [0.3, 0.4) is 0 Å². The van der Waals surface area contributed by atoms with Crippen molar-refractivity contribution in [2.75, 3.05) is 0 Å². The molecule has 0 aromatic heterocycles. The van der Waals surface area contributed by atoms with E-state index < -0.39 is 0 Å². The highest BCUT2D eigenvalue weighted by molar-refractivity contribution is 9.10. The van der Waals surface area contributed by atoms with Crippen LogP contribution in [-0.2, 0) is 11.2 Å². The summed E-state index contributed by atoms with van der Waals surface area (Å²) in [6.07, 6.45) is 0.359. The van der Waals surface area contributed by atoms with Crippen molar-refractivity contribution in [2.24, 2.45) is 0 Å². The van der Waals surface area contributed by atoms with Crippen LogP contribution in [-0.4, -0.2) is 5.91 Å². The largest absolute Gasteiger partial charge is 0.349 e. The van der Waals surface area contributed by atoms with E-state index in [2.05, 4.69) is 21.2 Å². The fourth-order valence-corrected chi connectivity index (χ4v) is 2.31. The summed E-state index contributed by atoms with van der Waals surface area (Å²) in [5.41, 5.74) is 2.03. The van der Waals surface area contributed by atoms with Gasteiger partial charge in [0, 0.05) is 9.50 Å². The van der Waals surface area contributed by atoms with E-state index in [9.17, 15) is 4.79 Å². The molecule has 0 aliphatic carbocycles. The number of rotatable bonds is 4. The van der Waals surface area contributed by atoms with E-state index in [1.807, 2.05) is 43.3 Å². The van der Waals surface area contributed by atoms with Crippen LogP contribution in [0.4, 0.5) is 0 Å². The third-order valence-electron chi connectivity index (χ3n) is 3.03. The van der Waals surface area contributed by atoms with E-state index in [-0.39, 0.29) is 11.9 Å². The lowest BCUT2D eigenvalue weighted by Gasteiger charge is -2.14. The summed E-state index contributed by atoms with van der Waals surface area (Å²) >= 11 is 9.22. The lowest BCUT2D eigenvalue weighted by atomic mass is 10.1. The standard InChI is InChI=1S/C16H15BrClNO/c1-11(13-4-6-14(17)7-5-13)19-16(20)10-12-2-8-15(18)9-3-12/h2-9,11H,10H2,1H3,(H,19,20)/t11-/m1/s1. The SMILES string of the molecule is C[C@@H](NC(=O)Cc1ccc(Cl)cc1)c1ccc(Br)cc1. The van der Waals surface area contributed by atoms with Gasteiger partial charge in [-0.1, -0.05) is 51.8 Å². The van der Waals surface area contributed by atoms with Gasteiger partial charge in [-0.15, -0.1) is 0 Å². The lowest BCUT2D eigenvalue weighted by Crippen LogP contribution is -2.28. The zero-order chi connectivity index (χ0) is 14.5. The second kappa shape index (κ2) is 6.91. The van der Waals surface area contributed by atoms with E-state index in [1.54, 1.807) is 12.1 Å². The molecule has 0 saturated carbocycles. The summed E-state index contributed by atoms with van der Waals surface area (Å²) in [5, 5.41) is 3.67. The van der Waals surface area contributed by atoms with Gasteiger partial charge in [-0.2, -0.15) is 0 Å². The Kier molecular flexibility index (Phi) is 5.21. The zero-order valence-electron chi connectivity index (χ0n) is 11.1. The van der Waals surface area contributed by atoms with Gasteiger partial charge in [0.15, 0.2) is 0 Å². The topological polar surface area (TPSA) is 29.1 Å². The number of halogens is 2. The van der Waals surface area contributed by atoms with Crippen LogP contribution in [0.1, 0.15) is 24.1 Å². The first-order valence-electron chi connectivity index (χ1n) is 6.34. The summed E-state index contributed by atoms with van der Waals surface area (Å²) in [4.78, 5) is 12.0. The molecule has 0 aliphatic heterocycles. The molecule has 20 heavy (non-hydrogen) atoms. The maximum Gasteiger partial charge on any atom is 0.224 e. The van der Waals surface area contributed by atoms with Crippen molar-refractivity contribution in [3.63, 3.8) is 0 Å². The molecule has 0 aliphatic rings. The quantitative estimate of drug-likeness (QED) is 0.861. The summed E-state index contributed by atoms with van der Waals surface area (Å²) in [6.45, 7) is 1.98. The smallest absolute Gasteiger partial charge is 0.224 e. The molecular weight excluding hydrogens is 338 g/mol.